The number of hydrogen-bond acceptors (Lipinski definition) is 8. The molecule has 0 fully saturated rings. The van der Waals surface area contributed by atoms with E-state index < -0.39 is 11.8 Å². The van der Waals surface area contributed by atoms with Gasteiger partial charge >= 0.3 is 5.97 Å². The van der Waals surface area contributed by atoms with E-state index in [2.05, 4.69) is 25.4 Å². The molecule has 2 aromatic carbocycles. The second kappa shape index (κ2) is 11.6. The van der Waals surface area contributed by atoms with Crippen LogP contribution in [0.2, 0.25) is 5.02 Å². The zero-order valence-corrected chi connectivity index (χ0v) is 21.4. The summed E-state index contributed by atoms with van der Waals surface area (Å²) in [6.45, 7) is 2.05. The van der Waals surface area contributed by atoms with E-state index in [0.29, 0.717) is 29.4 Å². The van der Waals surface area contributed by atoms with Crippen LogP contribution in [0.4, 0.5) is 16.0 Å². The maximum atomic E-state index is 13.6. The van der Waals surface area contributed by atoms with Gasteiger partial charge in [-0.25, -0.2) is 28.8 Å². The highest BCUT2D eigenvalue weighted by atomic mass is 35.5. The van der Waals surface area contributed by atoms with Crippen molar-refractivity contribution < 1.29 is 13.9 Å². The first-order valence-electron chi connectivity index (χ1n) is 11.9. The molecule has 11 heteroatoms. The summed E-state index contributed by atoms with van der Waals surface area (Å²) in [5.74, 6) is -0.205. The fourth-order valence-corrected chi connectivity index (χ4v) is 3.89. The maximum Gasteiger partial charge on any atom is 0.330 e. The number of nitrogens with one attached hydrogen (secondary N) is 1. The molecule has 3 aromatic heterocycles. The van der Waals surface area contributed by atoms with E-state index in [1.54, 1.807) is 54.6 Å². The van der Waals surface area contributed by atoms with Crippen molar-refractivity contribution in [2.24, 2.45) is 0 Å². The number of esters is 1. The van der Waals surface area contributed by atoms with Crippen molar-refractivity contribution in [3.05, 3.63) is 102 Å². The Kier molecular flexibility index (Phi) is 7.65. The monoisotopic (exact) mass is 541 g/mol. The highest BCUT2D eigenvalue weighted by molar-refractivity contribution is 6.31. The smallest absolute Gasteiger partial charge is 0.330 e. The van der Waals surface area contributed by atoms with E-state index in [1.165, 1.54) is 24.5 Å². The minimum absolute atomic E-state index is 0.0221. The first kappa shape index (κ1) is 25.7. The fourth-order valence-electron chi connectivity index (χ4n) is 3.71. The summed E-state index contributed by atoms with van der Waals surface area (Å²) in [7, 11) is 0. The molecular weight excluding hydrogens is 521 g/mol. The third-order valence-corrected chi connectivity index (χ3v) is 5.81. The van der Waals surface area contributed by atoms with Crippen LogP contribution in [-0.4, -0.2) is 42.3 Å². The number of rotatable bonds is 8. The molecule has 0 aliphatic heterocycles. The van der Waals surface area contributed by atoms with Crippen molar-refractivity contribution in [1.29, 1.82) is 0 Å². The standard InChI is InChI=1S/C28H21ClFN7O2/c1-2-39-26(38)9-6-18-4-3-5-19(12-18)22-15-32-28(35-21-7-8-24(30)23(29)13-21)36-27(22)37-16-20(14-34-37)25-10-11-31-17-33-25/h3-17H,2H2,1H3,(H,32,35,36). The number of hydrogen-bond donors (Lipinski definition) is 1. The molecule has 0 aliphatic carbocycles. The second-order valence-corrected chi connectivity index (χ2v) is 8.57. The number of ether oxygens (including phenoxy) is 1. The Bertz CT molecular complexity index is 1660. The number of anilines is 2. The molecule has 0 radical (unpaired) electrons. The largest absolute Gasteiger partial charge is 0.463 e. The van der Waals surface area contributed by atoms with Crippen LogP contribution in [-0.2, 0) is 9.53 Å². The van der Waals surface area contributed by atoms with Crippen LogP contribution >= 0.6 is 11.6 Å². The van der Waals surface area contributed by atoms with Crippen LogP contribution in [0.1, 0.15) is 12.5 Å². The normalized spacial score (nSPS) is 11.1. The van der Waals surface area contributed by atoms with Crippen LogP contribution in [0.3, 0.4) is 0 Å². The zero-order chi connectivity index (χ0) is 27.2. The Morgan fingerprint density at radius 3 is 2.82 bits per heavy atom. The Labute approximate surface area is 228 Å². The number of aromatic nitrogens is 6. The molecule has 0 saturated heterocycles. The number of benzene rings is 2. The van der Waals surface area contributed by atoms with E-state index >= 15 is 0 Å². The van der Waals surface area contributed by atoms with E-state index in [1.807, 2.05) is 24.3 Å². The van der Waals surface area contributed by atoms with Crippen LogP contribution < -0.4 is 5.32 Å². The van der Waals surface area contributed by atoms with Gasteiger partial charge in [0.25, 0.3) is 0 Å². The predicted molar refractivity (Wildman–Crippen MR) is 146 cm³/mol. The molecule has 5 rings (SSSR count). The van der Waals surface area contributed by atoms with Crippen molar-refractivity contribution in [2.75, 3.05) is 11.9 Å². The molecular formula is C28H21ClFN7O2. The molecule has 39 heavy (non-hydrogen) atoms. The van der Waals surface area contributed by atoms with Gasteiger partial charge in [0.2, 0.25) is 5.95 Å². The number of carbonyl (C=O) groups excluding carboxylic acids is 1. The Morgan fingerprint density at radius 1 is 1.13 bits per heavy atom. The average molecular weight is 542 g/mol. The molecule has 0 unspecified atom stereocenters. The molecule has 0 aliphatic rings. The van der Waals surface area contributed by atoms with E-state index in [-0.39, 0.29) is 11.0 Å². The van der Waals surface area contributed by atoms with Crippen molar-refractivity contribution in [3.63, 3.8) is 0 Å². The number of carbonyl (C=O) groups is 1. The molecule has 0 atom stereocenters. The van der Waals surface area contributed by atoms with Gasteiger partial charge in [0, 0.05) is 41.5 Å². The molecule has 0 saturated carbocycles. The summed E-state index contributed by atoms with van der Waals surface area (Å²) in [6.07, 6.45) is 11.3. The number of halogens is 2. The topological polar surface area (TPSA) is 108 Å². The Hall–Kier alpha value is -4.96. The summed E-state index contributed by atoms with van der Waals surface area (Å²) >= 11 is 5.94. The van der Waals surface area contributed by atoms with Crippen molar-refractivity contribution in [2.45, 2.75) is 6.92 Å². The van der Waals surface area contributed by atoms with E-state index in [0.717, 1.165) is 16.7 Å². The Balaban J connectivity index is 1.55. The zero-order valence-electron chi connectivity index (χ0n) is 20.6. The molecule has 1 N–H and O–H groups in total. The van der Waals surface area contributed by atoms with Crippen LogP contribution in [0, 0.1) is 5.82 Å². The lowest BCUT2D eigenvalue weighted by Crippen LogP contribution is -2.06. The van der Waals surface area contributed by atoms with Crippen molar-refractivity contribution >= 4 is 35.3 Å². The maximum absolute atomic E-state index is 13.6. The minimum atomic E-state index is -0.523. The first-order valence-corrected chi connectivity index (χ1v) is 12.2. The predicted octanol–water partition coefficient (Wildman–Crippen LogP) is 5.90. The Morgan fingerprint density at radius 2 is 2.03 bits per heavy atom. The highest BCUT2D eigenvalue weighted by Gasteiger charge is 2.15. The minimum Gasteiger partial charge on any atom is -0.463 e. The van der Waals surface area contributed by atoms with Gasteiger partial charge in [-0.15, -0.1) is 0 Å². The SMILES string of the molecule is CCOC(=O)C=Cc1cccc(-c2cnc(Nc3ccc(F)c(Cl)c3)nc2-n2cc(-c3ccncn3)cn2)c1. The molecule has 9 nitrogen and oxygen atoms in total. The van der Waals surface area contributed by atoms with Gasteiger partial charge in [-0.2, -0.15) is 10.1 Å². The van der Waals surface area contributed by atoms with E-state index in [9.17, 15) is 9.18 Å². The first-order chi connectivity index (χ1) is 19.0. The quantitative estimate of drug-likeness (QED) is 0.191. The summed E-state index contributed by atoms with van der Waals surface area (Å²) in [5.41, 5.74) is 4.27. The molecule has 5 aromatic rings. The molecule has 3 heterocycles. The van der Waals surface area contributed by atoms with Crippen LogP contribution in [0.15, 0.2) is 85.7 Å². The van der Waals surface area contributed by atoms with Crippen molar-refractivity contribution in [3.8, 4) is 28.2 Å². The van der Waals surface area contributed by atoms with Gasteiger partial charge in [0.05, 0.1) is 23.5 Å². The van der Waals surface area contributed by atoms with Gasteiger partial charge in [0.15, 0.2) is 5.82 Å². The second-order valence-electron chi connectivity index (χ2n) is 8.16. The lowest BCUT2D eigenvalue weighted by Gasteiger charge is -2.12. The molecule has 0 bridgehead atoms. The van der Waals surface area contributed by atoms with Gasteiger partial charge in [-0.3, -0.25) is 0 Å². The molecule has 194 valence electrons. The third-order valence-electron chi connectivity index (χ3n) is 5.52. The summed E-state index contributed by atoms with van der Waals surface area (Å²) in [6, 6.07) is 13.6. The third kappa shape index (κ3) is 6.13. The lowest BCUT2D eigenvalue weighted by atomic mass is 10.0. The average Bonchev–Trinajstić information content (AvgIpc) is 3.45. The molecule has 0 amide bonds. The van der Waals surface area contributed by atoms with Gasteiger partial charge < -0.3 is 10.1 Å². The van der Waals surface area contributed by atoms with Gasteiger partial charge in [-0.05, 0) is 54.5 Å². The van der Waals surface area contributed by atoms with Gasteiger partial charge in [0.1, 0.15) is 12.1 Å². The summed E-state index contributed by atoms with van der Waals surface area (Å²) in [4.78, 5) is 29.2. The summed E-state index contributed by atoms with van der Waals surface area (Å²) in [5, 5.41) is 7.55. The molecule has 0 spiro atoms. The van der Waals surface area contributed by atoms with Crippen molar-refractivity contribution in [1.82, 2.24) is 29.7 Å². The van der Waals surface area contributed by atoms with E-state index in [4.69, 9.17) is 21.3 Å². The van der Waals surface area contributed by atoms with Crippen LogP contribution in [0.5, 0.6) is 0 Å². The lowest BCUT2D eigenvalue weighted by molar-refractivity contribution is -0.137. The highest BCUT2D eigenvalue weighted by Crippen LogP contribution is 2.29. The fraction of sp³-hybridized carbons (Fsp3) is 0.0714. The number of nitrogens with zero attached hydrogens (tertiary/aromatic N) is 6. The van der Waals surface area contributed by atoms with Gasteiger partial charge in [-0.1, -0.05) is 29.8 Å². The van der Waals surface area contributed by atoms with Crippen LogP contribution in [0.25, 0.3) is 34.3 Å². The summed E-state index contributed by atoms with van der Waals surface area (Å²) < 4.78 is 20.2.